The maximum Gasteiger partial charge on any atom is 0.355 e. The fraction of sp³-hybridized carbons (Fsp3) is 0.600. The fourth-order valence-corrected chi connectivity index (χ4v) is 2.72. The van der Waals surface area contributed by atoms with Crippen molar-refractivity contribution >= 4 is 22.4 Å². The zero-order valence-corrected chi connectivity index (χ0v) is 9.87. The molecule has 2 rings (SSSR count). The summed E-state index contributed by atoms with van der Waals surface area (Å²) in [6.07, 6.45) is 1.08. The lowest BCUT2D eigenvalue weighted by molar-refractivity contribution is 0.0691. The summed E-state index contributed by atoms with van der Waals surface area (Å²) in [5, 5.41) is 11.2. The third-order valence-electron chi connectivity index (χ3n) is 2.67. The highest BCUT2D eigenvalue weighted by Gasteiger charge is 2.25. The number of carbonyl (C=O) groups is 1. The number of aromatic nitrogens is 1. The normalized spacial score (nSPS) is 20.3. The largest absolute Gasteiger partial charge is 0.476 e. The lowest BCUT2D eigenvalue weighted by Crippen LogP contribution is -2.20. The van der Waals surface area contributed by atoms with Crippen molar-refractivity contribution in [2.24, 2.45) is 5.92 Å². The Balaban J connectivity index is 2.00. The van der Waals surface area contributed by atoms with E-state index in [1.54, 1.807) is 12.5 Å². The third-order valence-corrected chi connectivity index (χ3v) is 3.57. The molecule has 5 nitrogen and oxygen atoms in total. The lowest BCUT2D eigenvalue weighted by atomic mass is 10.1. The van der Waals surface area contributed by atoms with E-state index in [9.17, 15) is 4.79 Å². The van der Waals surface area contributed by atoms with Crippen LogP contribution in [0.1, 0.15) is 16.9 Å². The highest BCUT2D eigenvalue weighted by Crippen LogP contribution is 2.27. The Morgan fingerprint density at radius 3 is 3.25 bits per heavy atom. The zero-order chi connectivity index (χ0) is 11.5. The molecule has 1 atom stereocenters. The zero-order valence-electron chi connectivity index (χ0n) is 9.05. The third kappa shape index (κ3) is 2.33. The second-order valence-electron chi connectivity index (χ2n) is 3.88. The maximum absolute atomic E-state index is 10.7. The van der Waals surface area contributed by atoms with Gasteiger partial charge in [-0.3, -0.25) is 0 Å². The molecule has 6 heteroatoms. The van der Waals surface area contributed by atoms with Gasteiger partial charge in [0.05, 0.1) is 6.61 Å². The molecule has 16 heavy (non-hydrogen) atoms. The van der Waals surface area contributed by atoms with Crippen LogP contribution in [0, 0.1) is 5.92 Å². The molecule has 1 saturated heterocycles. The summed E-state index contributed by atoms with van der Waals surface area (Å²) in [5.41, 5.74) is 0.134. The van der Waals surface area contributed by atoms with Crippen LogP contribution in [-0.4, -0.2) is 42.9 Å². The molecule has 0 amide bonds. The summed E-state index contributed by atoms with van der Waals surface area (Å²) in [6.45, 7) is 2.59. The summed E-state index contributed by atoms with van der Waals surface area (Å²) in [6, 6.07) is 0. The molecule has 0 aromatic carbocycles. The molecule has 1 N–H and O–H groups in total. The topological polar surface area (TPSA) is 62.7 Å². The van der Waals surface area contributed by atoms with Gasteiger partial charge >= 0.3 is 5.97 Å². The van der Waals surface area contributed by atoms with E-state index in [1.165, 1.54) is 11.3 Å². The molecule has 0 spiro atoms. The van der Waals surface area contributed by atoms with Gasteiger partial charge in [0.15, 0.2) is 10.8 Å². The van der Waals surface area contributed by atoms with E-state index < -0.39 is 5.97 Å². The van der Waals surface area contributed by atoms with E-state index in [-0.39, 0.29) is 5.69 Å². The van der Waals surface area contributed by atoms with Crippen LogP contribution >= 0.6 is 11.3 Å². The van der Waals surface area contributed by atoms with Crippen LogP contribution in [0.3, 0.4) is 0 Å². The van der Waals surface area contributed by atoms with Crippen LogP contribution in [0.25, 0.3) is 0 Å². The number of carboxylic acids is 1. The molecular weight excluding hydrogens is 228 g/mol. The monoisotopic (exact) mass is 242 g/mol. The van der Waals surface area contributed by atoms with Gasteiger partial charge in [-0.2, -0.15) is 0 Å². The minimum Gasteiger partial charge on any atom is -0.476 e. The van der Waals surface area contributed by atoms with Gasteiger partial charge in [0.1, 0.15) is 0 Å². The average molecular weight is 242 g/mol. The van der Waals surface area contributed by atoms with Gasteiger partial charge in [0, 0.05) is 31.5 Å². The second kappa shape index (κ2) is 4.80. The van der Waals surface area contributed by atoms with Crippen molar-refractivity contribution < 1.29 is 14.6 Å². The fourth-order valence-electron chi connectivity index (χ4n) is 1.89. The Morgan fingerprint density at radius 1 is 1.81 bits per heavy atom. The number of methoxy groups -OCH3 is 1. The minimum absolute atomic E-state index is 0.134. The molecule has 88 valence electrons. The standard InChI is InChI=1S/C10H14N2O3S/c1-15-5-7-2-3-12(4-7)10-11-8(6-16-10)9(13)14/h6-7H,2-5H2,1H3,(H,13,14). The van der Waals surface area contributed by atoms with Gasteiger partial charge in [0.2, 0.25) is 0 Å². The van der Waals surface area contributed by atoms with Crippen molar-refractivity contribution in [2.45, 2.75) is 6.42 Å². The van der Waals surface area contributed by atoms with Crippen molar-refractivity contribution in [3.63, 3.8) is 0 Å². The van der Waals surface area contributed by atoms with Crippen molar-refractivity contribution in [2.75, 3.05) is 31.7 Å². The molecular formula is C10H14N2O3S. The summed E-state index contributed by atoms with van der Waals surface area (Å²) >= 11 is 1.39. The molecule has 1 aromatic heterocycles. The van der Waals surface area contributed by atoms with E-state index >= 15 is 0 Å². The molecule has 1 aliphatic rings. The predicted molar refractivity (Wildman–Crippen MR) is 61.3 cm³/mol. The number of hydrogen-bond acceptors (Lipinski definition) is 5. The van der Waals surface area contributed by atoms with Crippen LogP contribution in [-0.2, 0) is 4.74 Å². The van der Waals surface area contributed by atoms with Crippen molar-refractivity contribution in [3.8, 4) is 0 Å². The van der Waals surface area contributed by atoms with Crippen molar-refractivity contribution in [1.29, 1.82) is 0 Å². The number of rotatable bonds is 4. The first-order valence-corrected chi connectivity index (χ1v) is 6.01. The predicted octanol–water partition coefficient (Wildman–Crippen LogP) is 1.31. The van der Waals surface area contributed by atoms with Crippen LogP contribution < -0.4 is 4.90 Å². The van der Waals surface area contributed by atoms with Gasteiger partial charge in [-0.15, -0.1) is 11.3 Å². The first-order chi connectivity index (χ1) is 7.70. The summed E-state index contributed by atoms with van der Waals surface area (Å²) in [7, 11) is 1.70. The van der Waals surface area contributed by atoms with E-state index in [2.05, 4.69) is 9.88 Å². The first-order valence-electron chi connectivity index (χ1n) is 5.13. The van der Waals surface area contributed by atoms with E-state index in [4.69, 9.17) is 9.84 Å². The minimum atomic E-state index is -0.963. The van der Waals surface area contributed by atoms with Gasteiger partial charge in [-0.25, -0.2) is 9.78 Å². The molecule has 1 fully saturated rings. The van der Waals surface area contributed by atoms with E-state index in [0.717, 1.165) is 31.2 Å². The highest BCUT2D eigenvalue weighted by atomic mass is 32.1. The number of nitrogens with zero attached hydrogens (tertiary/aromatic N) is 2. The Morgan fingerprint density at radius 2 is 2.62 bits per heavy atom. The average Bonchev–Trinajstić information content (AvgIpc) is 2.84. The molecule has 0 radical (unpaired) electrons. The van der Waals surface area contributed by atoms with Crippen molar-refractivity contribution in [1.82, 2.24) is 4.98 Å². The number of aromatic carboxylic acids is 1. The van der Waals surface area contributed by atoms with Crippen LogP contribution in [0.2, 0.25) is 0 Å². The molecule has 0 saturated carbocycles. The van der Waals surface area contributed by atoms with Gasteiger partial charge in [-0.05, 0) is 6.42 Å². The number of anilines is 1. The quantitative estimate of drug-likeness (QED) is 0.862. The Bertz CT molecular complexity index is 380. The maximum atomic E-state index is 10.7. The van der Waals surface area contributed by atoms with Gasteiger partial charge in [0.25, 0.3) is 0 Å². The Kier molecular flexibility index (Phi) is 3.40. The molecule has 1 unspecified atom stereocenters. The highest BCUT2D eigenvalue weighted by molar-refractivity contribution is 7.13. The van der Waals surface area contributed by atoms with Crippen LogP contribution in [0.5, 0.6) is 0 Å². The van der Waals surface area contributed by atoms with Gasteiger partial charge < -0.3 is 14.7 Å². The van der Waals surface area contributed by atoms with Crippen molar-refractivity contribution in [3.05, 3.63) is 11.1 Å². The van der Waals surface area contributed by atoms with E-state index in [1.807, 2.05) is 0 Å². The van der Waals surface area contributed by atoms with E-state index in [0.29, 0.717) is 5.92 Å². The first kappa shape index (κ1) is 11.3. The number of thiazole rings is 1. The molecule has 1 aliphatic heterocycles. The SMILES string of the molecule is COCC1CCN(c2nc(C(=O)O)cs2)C1. The number of hydrogen-bond donors (Lipinski definition) is 1. The number of carboxylic acid groups (broad SMARTS) is 1. The molecule has 0 aliphatic carbocycles. The van der Waals surface area contributed by atoms with Gasteiger partial charge in [-0.1, -0.05) is 0 Å². The van der Waals surface area contributed by atoms with Crippen LogP contribution in [0.4, 0.5) is 5.13 Å². The Labute approximate surface area is 97.7 Å². The summed E-state index contributed by atoms with van der Waals surface area (Å²) < 4.78 is 5.12. The lowest BCUT2D eigenvalue weighted by Gasteiger charge is -2.14. The summed E-state index contributed by atoms with van der Waals surface area (Å²) in [5.74, 6) is -0.433. The molecule has 0 bridgehead atoms. The second-order valence-corrected chi connectivity index (χ2v) is 4.71. The molecule has 1 aromatic rings. The molecule has 2 heterocycles. The Hall–Kier alpha value is -1.14. The van der Waals surface area contributed by atoms with Crippen LogP contribution in [0.15, 0.2) is 5.38 Å². The number of ether oxygens (including phenoxy) is 1. The smallest absolute Gasteiger partial charge is 0.355 e. The summed E-state index contributed by atoms with van der Waals surface area (Å²) in [4.78, 5) is 16.9.